The van der Waals surface area contributed by atoms with Gasteiger partial charge in [-0.05, 0) is 18.1 Å². The molecule has 4 heteroatoms. The minimum atomic E-state index is -0.110. The molecule has 3 rings (SSSR count). The maximum absolute atomic E-state index is 9.00. The van der Waals surface area contributed by atoms with E-state index in [9.17, 15) is 0 Å². The number of ether oxygens (including phenoxy) is 2. The molecule has 0 amide bonds. The van der Waals surface area contributed by atoms with E-state index in [0.29, 0.717) is 13.0 Å². The van der Waals surface area contributed by atoms with Crippen LogP contribution in [0.4, 0.5) is 0 Å². The highest BCUT2D eigenvalue weighted by Gasteiger charge is 2.28. The molecular weight excluding hydrogens is 218 g/mol. The molecular formula is C13H17NO3. The second-order valence-corrected chi connectivity index (χ2v) is 4.58. The lowest BCUT2D eigenvalue weighted by Gasteiger charge is -2.16. The monoisotopic (exact) mass is 235 g/mol. The molecule has 0 bridgehead atoms. The Bertz CT molecular complexity index is 445. The quantitative estimate of drug-likeness (QED) is 0.818. The van der Waals surface area contributed by atoms with Crippen molar-refractivity contribution in [1.29, 1.82) is 0 Å². The molecule has 1 aromatic carbocycles. The minimum Gasteiger partial charge on any atom is -0.489 e. The fourth-order valence-corrected chi connectivity index (χ4v) is 2.65. The number of hydrogen-bond acceptors (Lipinski definition) is 4. The fourth-order valence-electron chi connectivity index (χ4n) is 2.65. The van der Waals surface area contributed by atoms with Gasteiger partial charge < -0.3 is 20.3 Å². The van der Waals surface area contributed by atoms with Crippen molar-refractivity contribution in [2.75, 3.05) is 19.8 Å². The molecule has 0 aromatic heterocycles. The number of nitrogens with two attached hydrogens (primary N) is 1. The largest absolute Gasteiger partial charge is 0.489 e. The predicted octanol–water partition coefficient (Wildman–Crippen LogP) is 0.939. The van der Waals surface area contributed by atoms with Crippen molar-refractivity contribution in [2.24, 2.45) is 5.73 Å². The molecule has 4 nitrogen and oxygen atoms in total. The first kappa shape index (κ1) is 10.9. The van der Waals surface area contributed by atoms with Crippen LogP contribution in [-0.2, 0) is 12.8 Å². The highest BCUT2D eigenvalue weighted by atomic mass is 16.5. The van der Waals surface area contributed by atoms with Crippen LogP contribution in [0.15, 0.2) is 6.07 Å². The van der Waals surface area contributed by atoms with Crippen LogP contribution < -0.4 is 15.2 Å². The van der Waals surface area contributed by atoms with E-state index in [1.165, 1.54) is 11.1 Å². The Morgan fingerprint density at radius 1 is 1.24 bits per heavy atom. The van der Waals surface area contributed by atoms with E-state index < -0.39 is 0 Å². The van der Waals surface area contributed by atoms with E-state index in [1.54, 1.807) is 0 Å². The molecule has 92 valence electrons. The maximum atomic E-state index is 9.00. The van der Waals surface area contributed by atoms with Gasteiger partial charge in [0.15, 0.2) is 11.5 Å². The Balaban J connectivity index is 2.07. The van der Waals surface area contributed by atoms with Crippen LogP contribution in [0.3, 0.4) is 0 Å². The van der Waals surface area contributed by atoms with Crippen molar-refractivity contribution in [1.82, 2.24) is 0 Å². The lowest BCUT2D eigenvalue weighted by atomic mass is 9.94. The Morgan fingerprint density at radius 2 is 2.00 bits per heavy atom. The number of rotatable bonds is 3. The van der Waals surface area contributed by atoms with E-state index >= 15 is 0 Å². The van der Waals surface area contributed by atoms with Crippen molar-refractivity contribution in [2.45, 2.75) is 25.3 Å². The molecule has 0 spiro atoms. The smallest absolute Gasteiger partial charge is 0.165 e. The Hall–Kier alpha value is -1.26. The van der Waals surface area contributed by atoms with Crippen molar-refractivity contribution in [3.05, 3.63) is 22.8 Å². The van der Waals surface area contributed by atoms with Crippen LogP contribution in [0.5, 0.6) is 11.5 Å². The third kappa shape index (κ3) is 1.68. The topological polar surface area (TPSA) is 64.7 Å². The van der Waals surface area contributed by atoms with Gasteiger partial charge in [0.1, 0.15) is 0 Å². The number of benzene rings is 1. The zero-order valence-electron chi connectivity index (χ0n) is 9.74. The fraction of sp³-hybridized carbons (Fsp3) is 0.538. The number of aliphatic hydroxyl groups excluding tert-OH is 1. The first-order chi connectivity index (χ1) is 8.31. The molecule has 1 atom stereocenters. The van der Waals surface area contributed by atoms with Gasteiger partial charge in [-0.25, -0.2) is 0 Å². The molecule has 2 aliphatic heterocycles. The molecule has 0 fully saturated rings. The second-order valence-electron chi connectivity index (χ2n) is 4.58. The van der Waals surface area contributed by atoms with Crippen LogP contribution in [-0.4, -0.2) is 24.9 Å². The maximum Gasteiger partial charge on any atom is 0.165 e. The summed E-state index contributed by atoms with van der Waals surface area (Å²) in [5, 5.41) is 9.00. The molecule has 1 aromatic rings. The van der Waals surface area contributed by atoms with Gasteiger partial charge in [-0.3, -0.25) is 0 Å². The normalized spacial score (nSPS) is 18.2. The SMILES string of the molecule is NC(CCO)c1cc2c(c3c1CCO3)OCC2. The minimum absolute atomic E-state index is 0.110. The summed E-state index contributed by atoms with van der Waals surface area (Å²) in [6.45, 7) is 1.54. The van der Waals surface area contributed by atoms with E-state index in [0.717, 1.165) is 36.5 Å². The summed E-state index contributed by atoms with van der Waals surface area (Å²) in [5.74, 6) is 1.81. The second kappa shape index (κ2) is 4.20. The van der Waals surface area contributed by atoms with Crippen molar-refractivity contribution in [3.63, 3.8) is 0 Å². The molecule has 17 heavy (non-hydrogen) atoms. The highest BCUT2D eigenvalue weighted by Crippen LogP contribution is 2.45. The summed E-state index contributed by atoms with van der Waals surface area (Å²) in [4.78, 5) is 0. The summed E-state index contributed by atoms with van der Waals surface area (Å²) in [6.07, 6.45) is 2.40. The van der Waals surface area contributed by atoms with Gasteiger partial charge in [0.2, 0.25) is 0 Å². The standard InChI is InChI=1S/C13H17NO3/c14-11(1-4-15)10-7-8-2-5-16-12(8)13-9(10)3-6-17-13/h7,11,15H,1-6,14H2. The molecule has 0 radical (unpaired) electrons. The molecule has 0 aliphatic carbocycles. The van der Waals surface area contributed by atoms with Gasteiger partial charge in [-0.1, -0.05) is 0 Å². The van der Waals surface area contributed by atoms with E-state index in [2.05, 4.69) is 6.07 Å². The van der Waals surface area contributed by atoms with Crippen LogP contribution in [0, 0.1) is 0 Å². The van der Waals surface area contributed by atoms with Crippen molar-refractivity contribution < 1.29 is 14.6 Å². The molecule has 1 unspecified atom stereocenters. The van der Waals surface area contributed by atoms with Crippen LogP contribution in [0.1, 0.15) is 29.2 Å². The number of fused-ring (bicyclic) bond motifs is 3. The van der Waals surface area contributed by atoms with E-state index in [4.69, 9.17) is 20.3 Å². The third-order valence-electron chi connectivity index (χ3n) is 3.51. The first-order valence-corrected chi connectivity index (χ1v) is 6.12. The summed E-state index contributed by atoms with van der Waals surface area (Å²) in [5.41, 5.74) is 9.60. The predicted molar refractivity (Wildman–Crippen MR) is 63.5 cm³/mol. The molecule has 2 heterocycles. The Labute approximate surface area is 100 Å². The van der Waals surface area contributed by atoms with Crippen LogP contribution in [0.2, 0.25) is 0 Å². The number of hydrogen-bond donors (Lipinski definition) is 2. The van der Waals surface area contributed by atoms with Gasteiger partial charge in [0.25, 0.3) is 0 Å². The van der Waals surface area contributed by atoms with Crippen molar-refractivity contribution >= 4 is 0 Å². The van der Waals surface area contributed by atoms with Gasteiger partial charge in [0, 0.05) is 36.6 Å². The van der Waals surface area contributed by atoms with Gasteiger partial charge in [0.05, 0.1) is 13.2 Å². The zero-order valence-corrected chi connectivity index (χ0v) is 9.74. The molecule has 3 N–H and O–H groups in total. The summed E-state index contributed by atoms with van der Waals surface area (Å²) >= 11 is 0. The Kier molecular flexibility index (Phi) is 2.68. The summed E-state index contributed by atoms with van der Waals surface area (Å²) < 4.78 is 11.3. The summed E-state index contributed by atoms with van der Waals surface area (Å²) in [6, 6.07) is 2.03. The zero-order chi connectivity index (χ0) is 11.8. The Morgan fingerprint density at radius 3 is 2.82 bits per heavy atom. The van der Waals surface area contributed by atoms with E-state index in [1.807, 2.05) is 0 Å². The van der Waals surface area contributed by atoms with Gasteiger partial charge >= 0.3 is 0 Å². The highest BCUT2D eigenvalue weighted by molar-refractivity contribution is 5.59. The van der Waals surface area contributed by atoms with Crippen LogP contribution >= 0.6 is 0 Å². The lowest BCUT2D eigenvalue weighted by molar-refractivity contribution is 0.276. The van der Waals surface area contributed by atoms with E-state index in [-0.39, 0.29) is 12.6 Å². The first-order valence-electron chi connectivity index (χ1n) is 6.12. The number of aliphatic hydroxyl groups is 1. The molecule has 2 aliphatic rings. The average molecular weight is 235 g/mol. The van der Waals surface area contributed by atoms with Gasteiger partial charge in [-0.15, -0.1) is 0 Å². The van der Waals surface area contributed by atoms with Gasteiger partial charge in [-0.2, -0.15) is 0 Å². The van der Waals surface area contributed by atoms with Crippen molar-refractivity contribution in [3.8, 4) is 11.5 Å². The van der Waals surface area contributed by atoms with Crippen LogP contribution in [0.25, 0.3) is 0 Å². The molecule has 0 saturated heterocycles. The summed E-state index contributed by atoms with van der Waals surface area (Å²) in [7, 11) is 0. The lowest BCUT2D eigenvalue weighted by Crippen LogP contribution is -2.14. The molecule has 0 saturated carbocycles. The third-order valence-corrected chi connectivity index (χ3v) is 3.51. The average Bonchev–Trinajstić information content (AvgIpc) is 2.95.